The largest absolute Gasteiger partial charge is 0.497 e. The second-order valence-corrected chi connectivity index (χ2v) is 7.25. The number of rotatable bonds is 6. The molecule has 0 aliphatic carbocycles. The molecule has 146 valence electrons. The van der Waals surface area contributed by atoms with Crippen molar-refractivity contribution >= 4 is 22.4 Å². The van der Waals surface area contributed by atoms with E-state index in [-0.39, 0.29) is 5.91 Å². The molecule has 1 amide bonds. The quantitative estimate of drug-likeness (QED) is 0.684. The Kier molecular flexibility index (Phi) is 5.74. The van der Waals surface area contributed by atoms with E-state index in [9.17, 15) is 9.59 Å². The number of ether oxygens (including phenoxy) is 2. The zero-order valence-electron chi connectivity index (χ0n) is 15.9. The molecule has 3 rings (SSSR count). The molecule has 0 aliphatic rings. The van der Waals surface area contributed by atoms with E-state index in [0.29, 0.717) is 22.3 Å². The normalized spacial score (nSPS) is 11.7. The molecule has 8 nitrogen and oxygen atoms in total. The minimum Gasteiger partial charge on any atom is -0.497 e. The highest BCUT2D eigenvalue weighted by Gasteiger charge is 2.21. The highest BCUT2D eigenvalue weighted by molar-refractivity contribution is 7.15. The molecule has 2 aromatic heterocycles. The van der Waals surface area contributed by atoms with Gasteiger partial charge in [0.05, 0.1) is 14.2 Å². The summed E-state index contributed by atoms with van der Waals surface area (Å²) in [5.41, 5.74) is 0.746. The SMILES string of the molecule is COc1ccc(-c2nn([C@@H](C)C(=O)Nc3ncc(C)s3)c(=O)cc2OC)cc1. The third-order valence-electron chi connectivity index (χ3n) is 4.10. The maximum atomic E-state index is 12.6. The molecule has 3 aromatic rings. The third kappa shape index (κ3) is 4.04. The summed E-state index contributed by atoms with van der Waals surface area (Å²) in [6.45, 7) is 3.50. The Bertz CT molecular complexity index is 1040. The number of hydrogen-bond acceptors (Lipinski definition) is 7. The standard InChI is InChI=1S/C19H20N4O4S/c1-11-10-20-19(28-11)21-18(25)12(2)23-16(24)9-15(27-4)17(22-23)13-5-7-14(26-3)8-6-13/h5-10,12H,1-4H3,(H,20,21,25)/t12-/m0/s1. The van der Waals surface area contributed by atoms with Crippen LogP contribution in [0.25, 0.3) is 11.3 Å². The Morgan fingerprint density at radius 3 is 2.50 bits per heavy atom. The minimum absolute atomic E-state index is 0.328. The van der Waals surface area contributed by atoms with Crippen LogP contribution < -0.4 is 20.3 Å². The average Bonchev–Trinajstić information content (AvgIpc) is 3.11. The molecular formula is C19H20N4O4S. The van der Waals surface area contributed by atoms with Crippen molar-refractivity contribution in [1.82, 2.24) is 14.8 Å². The number of carbonyl (C=O) groups is 1. The Morgan fingerprint density at radius 2 is 1.93 bits per heavy atom. The fraction of sp³-hybridized carbons (Fsp3) is 0.263. The lowest BCUT2D eigenvalue weighted by Gasteiger charge is -2.16. The van der Waals surface area contributed by atoms with E-state index in [0.717, 1.165) is 15.1 Å². The fourth-order valence-electron chi connectivity index (χ4n) is 2.57. The van der Waals surface area contributed by atoms with Crippen LogP contribution in [-0.2, 0) is 4.79 Å². The van der Waals surface area contributed by atoms with Crippen molar-refractivity contribution < 1.29 is 14.3 Å². The summed E-state index contributed by atoms with van der Waals surface area (Å²) in [4.78, 5) is 30.1. The molecule has 1 N–H and O–H groups in total. The summed E-state index contributed by atoms with van der Waals surface area (Å²) in [6.07, 6.45) is 1.67. The van der Waals surface area contributed by atoms with Gasteiger partial charge in [-0.25, -0.2) is 9.67 Å². The maximum absolute atomic E-state index is 12.6. The van der Waals surface area contributed by atoms with Gasteiger partial charge in [0.1, 0.15) is 17.5 Å². The lowest BCUT2D eigenvalue weighted by Crippen LogP contribution is -2.33. The van der Waals surface area contributed by atoms with E-state index in [2.05, 4.69) is 15.4 Å². The first-order valence-corrected chi connectivity index (χ1v) is 9.30. The molecule has 1 atom stereocenters. The Labute approximate surface area is 165 Å². The number of carbonyl (C=O) groups excluding carboxylic acids is 1. The van der Waals surface area contributed by atoms with E-state index in [1.54, 1.807) is 32.4 Å². The molecule has 0 bridgehead atoms. The third-order valence-corrected chi connectivity index (χ3v) is 4.93. The molecule has 0 radical (unpaired) electrons. The predicted octanol–water partition coefficient (Wildman–Crippen LogP) is 2.89. The Morgan fingerprint density at radius 1 is 1.21 bits per heavy atom. The van der Waals surface area contributed by atoms with Crippen LogP contribution in [-0.4, -0.2) is 34.9 Å². The summed E-state index contributed by atoms with van der Waals surface area (Å²) in [7, 11) is 3.05. The number of hydrogen-bond donors (Lipinski definition) is 1. The van der Waals surface area contributed by atoms with Gasteiger partial charge in [-0.15, -0.1) is 11.3 Å². The fourth-order valence-corrected chi connectivity index (χ4v) is 3.24. The van der Waals surface area contributed by atoms with Crippen LogP contribution in [0.3, 0.4) is 0 Å². The van der Waals surface area contributed by atoms with E-state index >= 15 is 0 Å². The van der Waals surface area contributed by atoms with E-state index in [4.69, 9.17) is 9.47 Å². The second kappa shape index (κ2) is 8.22. The van der Waals surface area contributed by atoms with Gasteiger partial charge in [-0.3, -0.25) is 9.59 Å². The molecule has 0 spiro atoms. The molecular weight excluding hydrogens is 380 g/mol. The summed E-state index contributed by atoms with van der Waals surface area (Å²) >= 11 is 1.36. The molecule has 2 heterocycles. The molecule has 0 fully saturated rings. The van der Waals surface area contributed by atoms with Gasteiger partial charge in [-0.05, 0) is 38.1 Å². The predicted molar refractivity (Wildman–Crippen MR) is 107 cm³/mol. The highest BCUT2D eigenvalue weighted by Crippen LogP contribution is 2.28. The van der Waals surface area contributed by atoms with Crippen LogP contribution in [0.4, 0.5) is 5.13 Å². The van der Waals surface area contributed by atoms with Gasteiger partial charge in [-0.2, -0.15) is 5.10 Å². The lowest BCUT2D eigenvalue weighted by atomic mass is 10.1. The van der Waals surface area contributed by atoms with Gasteiger partial charge in [0.2, 0.25) is 0 Å². The van der Waals surface area contributed by atoms with Gasteiger partial charge < -0.3 is 14.8 Å². The summed E-state index contributed by atoms with van der Waals surface area (Å²) < 4.78 is 11.6. The van der Waals surface area contributed by atoms with Crippen LogP contribution >= 0.6 is 11.3 Å². The number of aryl methyl sites for hydroxylation is 1. The van der Waals surface area contributed by atoms with Gasteiger partial charge in [0, 0.05) is 22.7 Å². The second-order valence-electron chi connectivity index (χ2n) is 6.01. The molecule has 0 aliphatic heterocycles. The Balaban J connectivity index is 1.96. The van der Waals surface area contributed by atoms with Crippen molar-refractivity contribution in [1.29, 1.82) is 0 Å². The number of nitrogens with zero attached hydrogens (tertiary/aromatic N) is 3. The number of thiazole rings is 1. The van der Waals surface area contributed by atoms with Gasteiger partial charge >= 0.3 is 0 Å². The van der Waals surface area contributed by atoms with Gasteiger partial charge in [0.25, 0.3) is 11.5 Å². The van der Waals surface area contributed by atoms with Crippen molar-refractivity contribution in [2.45, 2.75) is 19.9 Å². The summed E-state index contributed by atoms with van der Waals surface area (Å²) in [6, 6.07) is 7.67. The van der Waals surface area contributed by atoms with Crippen LogP contribution in [0.15, 0.2) is 41.3 Å². The van der Waals surface area contributed by atoms with Crippen LogP contribution in [0.1, 0.15) is 17.8 Å². The number of amides is 1. The first-order chi connectivity index (χ1) is 13.4. The maximum Gasteiger partial charge on any atom is 0.271 e. The molecule has 0 saturated carbocycles. The van der Waals surface area contributed by atoms with Crippen molar-refractivity contribution in [3.8, 4) is 22.8 Å². The van der Waals surface area contributed by atoms with Crippen molar-refractivity contribution in [2.24, 2.45) is 0 Å². The van der Waals surface area contributed by atoms with Crippen molar-refractivity contribution in [3.63, 3.8) is 0 Å². The smallest absolute Gasteiger partial charge is 0.271 e. The zero-order chi connectivity index (χ0) is 20.3. The number of aromatic nitrogens is 3. The van der Waals surface area contributed by atoms with E-state index in [1.165, 1.54) is 24.5 Å². The number of methoxy groups -OCH3 is 2. The Hall–Kier alpha value is -3.20. The summed E-state index contributed by atoms with van der Waals surface area (Å²) in [5.74, 6) is 0.645. The molecule has 9 heteroatoms. The zero-order valence-corrected chi connectivity index (χ0v) is 16.7. The van der Waals surface area contributed by atoms with E-state index in [1.807, 2.05) is 19.1 Å². The first-order valence-electron chi connectivity index (χ1n) is 8.48. The molecule has 1 aromatic carbocycles. The van der Waals surface area contributed by atoms with Crippen LogP contribution in [0, 0.1) is 6.92 Å². The molecule has 0 unspecified atom stereocenters. The molecule has 28 heavy (non-hydrogen) atoms. The lowest BCUT2D eigenvalue weighted by molar-refractivity contribution is -0.119. The number of anilines is 1. The topological polar surface area (TPSA) is 95.3 Å². The summed E-state index contributed by atoms with van der Waals surface area (Å²) in [5, 5.41) is 7.59. The van der Waals surface area contributed by atoms with Crippen LogP contribution in [0.2, 0.25) is 0 Å². The monoisotopic (exact) mass is 400 g/mol. The average molecular weight is 400 g/mol. The van der Waals surface area contributed by atoms with Gasteiger partial charge in [-0.1, -0.05) is 0 Å². The van der Waals surface area contributed by atoms with Gasteiger partial charge in [0.15, 0.2) is 10.9 Å². The van der Waals surface area contributed by atoms with E-state index < -0.39 is 11.6 Å². The highest BCUT2D eigenvalue weighted by atomic mass is 32.1. The number of benzene rings is 1. The van der Waals surface area contributed by atoms with Crippen molar-refractivity contribution in [2.75, 3.05) is 19.5 Å². The van der Waals surface area contributed by atoms with Crippen molar-refractivity contribution in [3.05, 3.63) is 51.8 Å². The molecule has 0 saturated heterocycles. The first kappa shape index (κ1) is 19.6. The minimum atomic E-state index is -0.834. The number of nitrogens with one attached hydrogen (secondary N) is 1. The van der Waals surface area contributed by atoms with Crippen LogP contribution in [0.5, 0.6) is 11.5 Å².